The number of phenolic OH excluding ortho intramolecular Hbond substituents is 1. The van der Waals surface area contributed by atoms with E-state index in [-0.39, 0.29) is 22.0 Å². The van der Waals surface area contributed by atoms with E-state index in [2.05, 4.69) is 0 Å². The number of carboxylic acids is 1. The van der Waals surface area contributed by atoms with Crippen LogP contribution in [0.25, 0.3) is 6.08 Å². The molecular formula is C12H12O5S. The number of carbonyl (C=O) groups is 2. The summed E-state index contributed by atoms with van der Waals surface area (Å²) >= 11 is 1.10. The molecule has 6 heteroatoms. The summed E-state index contributed by atoms with van der Waals surface area (Å²) in [5, 5.41) is 27.6. The first-order valence-corrected chi connectivity index (χ1v) is 5.99. The van der Waals surface area contributed by atoms with Crippen molar-refractivity contribution in [1.29, 1.82) is 0 Å². The molecule has 0 saturated carbocycles. The van der Waals surface area contributed by atoms with Gasteiger partial charge in [-0.1, -0.05) is 23.9 Å². The summed E-state index contributed by atoms with van der Waals surface area (Å²) < 4.78 is 0. The molecule has 0 radical (unpaired) electrons. The van der Waals surface area contributed by atoms with Gasteiger partial charge in [-0.25, -0.2) is 4.79 Å². The summed E-state index contributed by atoms with van der Waals surface area (Å²) in [6.07, 6.45) is 3.13. The standard InChI is InChI=1S/C12H12O5S/c1-7(13)18-4-2-3-8-5-9(12(16)17)11(15)6-10(8)14/h2-3,5-6,14-15H,4H2,1H3,(H,16,17). The van der Waals surface area contributed by atoms with Gasteiger partial charge in [-0.15, -0.1) is 0 Å². The van der Waals surface area contributed by atoms with E-state index < -0.39 is 11.7 Å². The SMILES string of the molecule is CC(=O)SCC=Cc1cc(C(=O)O)c(O)cc1O. The Bertz CT molecular complexity index is 507. The Morgan fingerprint density at radius 1 is 1.28 bits per heavy atom. The number of hydrogen-bond acceptors (Lipinski definition) is 5. The Kier molecular flexibility index (Phi) is 4.79. The number of aromatic hydroxyl groups is 2. The fourth-order valence-electron chi connectivity index (χ4n) is 1.24. The van der Waals surface area contributed by atoms with Crippen molar-refractivity contribution in [2.45, 2.75) is 6.92 Å². The topological polar surface area (TPSA) is 94.8 Å². The average Bonchev–Trinajstić information content (AvgIpc) is 2.25. The number of phenols is 2. The molecule has 0 aliphatic heterocycles. The van der Waals surface area contributed by atoms with Crippen LogP contribution in [0.5, 0.6) is 11.5 Å². The molecule has 0 aliphatic carbocycles. The molecule has 0 aromatic heterocycles. The molecule has 5 nitrogen and oxygen atoms in total. The molecule has 0 heterocycles. The highest BCUT2D eigenvalue weighted by Crippen LogP contribution is 2.28. The van der Waals surface area contributed by atoms with Gasteiger partial charge in [-0.05, 0) is 6.07 Å². The number of hydrogen-bond donors (Lipinski definition) is 3. The van der Waals surface area contributed by atoms with Crippen molar-refractivity contribution in [3.05, 3.63) is 29.3 Å². The highest BCUT2D eigenvalue weighted by Gasteiger charge is 2.12. The molecule has 0 saturated heterocycles. The van der Waals surface area contributed by atoms with Crippen LogP contribution in [0.3, 0.4) is 0 Å². The first kappa shape index (κ1) is 14.1. The molecule has 0 atom stereocenters. The normalized spacial score (nSPS) is 10.7. The lowest BCUT2D eigenvalue weighted by Gasteiger charge is -2.04. The largest absolute Gasteiger partial charge is 0.507 e. The minimum Gasteiger partial charge on any atom is -0.507 e. The number of benzene rings is 1. The lowest BCUT2D eigenvalue weighted by molar-refractivity contribution is -0.109. The summed E-state index contributed by atoms with van der Waals surface area (Å²) in [5.41, 5.74) is -0.0129. The van der Waals surface area contributed by atoms with Crippen molar-refractivity contribution in [3.63, 3.8) is 0 Å². The van der Waals surface area contributed by atoms with Gasteiger partial charge in [-0.3, -0.25) is 4.79 Å². The van der Waals surface area contributed by atoms with Gasteiger partial charge in [0, 0.05) is 24.3 Å². The maximum atomic E-state index is 10.8. The molecule has 1 rings (SSSR count). The second kappa shape index (κ2) is 6.11. The van der Waals surface area contributed by atoms with Crippen molar-refractivity contribution in [1.82, 2.24) is 0 Å². The van der Waals surface area contributed by atoms with E-state index in [9.17, 15) is 19.8 Å². The van der Waals surface area contributed by atoms with Crippen LogP contribution in [0.1, 0.15) is 22.8 Å². The van der Waals surface area contributed by atoms with E-state index in [1.165, 1.54) is 19.1 Å². The van der Waals surface area contributed by atoms with Gasteiger partial charge >= 0.3 is 5.97 Å². The molecule has 0 bridgehead atoms. The quantitative estimate of drug-likeness (QED) is 0.774. The van der Waals surface area contributed by atoms with Gasteiger partial charge in [0.2, 0.25) is 0 Å². The predicted octanol–water partition coefficient (Wildman–Crippen LogP) is 2.09. The zero-order chi connectivity index (χ0) is 13.7. The third-order valence-corrected chi connectivity index (χ3v) is 2.82. The Morgan fingerprint density at radius 3 is 2.50 bits per heavy atom. The van der Waals surface area contributed by atoms with Crippen LogP contribution in [-0.2, 0) is 4.79 Å². The van der Waals surface area contributed by atoms with Gasteiger partial charge in [0.15, 0.2) is 5.12 Å². The zero-order valence-electron chi connectivity index (χ0n) is 9.58. The molecule has 1 aromatic carbocycles. The molecule has 0 spiro atoms. The van der Waals surface area contributed by atoms with Gasteiger partial charge < -0.3 is 15.3 Å². The first-order chi connectivity index (χ1) is 8.41. The van der Waals surface area contributed by atoms with E-state index in [0.717, 1.165) is 17.8 Å². The molecule has 1 aromatic rings. The number of thioether (sulfide) groups is 1. The van der Waals surface area contributed by atoms with Crippen LogP contribution in [0.2, 0.25) is 0 Å². The Labute approximate surface area is 108 Å². The van der Waals surface area contributed by atoms with Crippen LogP contribution < -0.4 is 0 Å². The zero-order valence-corrected chi connectivity index (χ0v) is 10.4. The summed E-state index contributed by atoms with van der Waals surface area (Å²) in [7, 11) is 0. The number of rotatable bonds is 4. The van der Waals surface area contributed by atoms with E-state index in [1.54, 1.807) is 6.08 Å². The Hall–Kier alpha value is -1.95. The van der Waals surface area contributed by atoms with Crippen molar-refractivity contribution in [2.75, 3.05) is 5.75 Å². The third-order valence-electron chi connectivity index (χ3n) is 2.06. The van der Waals surface area contributed by atoms with Crippen LogP contribution in [0.15, 0.2) is 18.2 Å². The molecule has 0 amide bonds. The molecule has 3 N–H and O–H groups in total. The third kappa shape index (κ3) is 3.81. The van der Waals surface area contributed by atoms with Crippen LogP contribution >= 0.6 is 11.8 Å². The summed E-state index contributed by atoms with van der Waals surface area (Å²) in [5.74, 6) is -1.56. The lowest BCUT2D eigenvalue weighted by atomic mass is 10.1. The monoisotopic (exact) mass is 268 g/mol. The second-order valence-electron chi connectivity index (χ2n) is 3.44. The van der Waals surface area contributed by atoms with E-state index >= 15 is 0 Å². The van der Waals surface area contributed by atoms with Crippen molar-refractivity contribution in [3.8, 4) is 11.5 Å². The van der Waals surface area contributed by atoms with Crippen molar-refractivity contribution < 1.29 is 24.9 Å². The maximum Gasteiger partial charge on any atom is 0.339 e. The molecule has 18 heavy (non-hydrogen) atoms. The van der Waals surface area contributed by atoms with Crippen LogP contribution in [-0.4, -0.2) is 32.2 Å². The predicted molar refractivity (Wildman–Crippen MR) is 68.9 cm³/mol. The fourth-order valence-corrected chi connectivity index (χ4v) is 1.67. The van der Waals surface area contributed by atoms with Crippen molar-refractivity contribution in [2.24, 2.45) is 0 Å². The highest BCUT2D eigenvalue weighted by atomic mass is 32.2. The first-order valence-electron chi connectivity index (χ1n) is 5.01. The fraction of sp³-hybridized carbons (Fsp3) is 0.167. The van der Waals surface area contributed by atoms with Gasteiger partial charge in [0.25, 0.3) is 0 Å². The number of aromatic carboxylic acids is 1. The Balaban J connectivity index is 2.92. The lowest BCUT2D eigenvalue weighted by Crippen LogP contribution is -1.97. The number of carbonyl (C=O) groups excluding carboxylic acids is 1. The summed E-state index contributed by atoms with van der Waals surface area (Å²) in [6, 6.07) is 2.14. The minimum absolute atomic E-state index is 0.0270. The Morgan fingerprint density at radius 2 is 1.94 bits per heavy atom. The maximum absolute atomic E-state index is 10.8. The highest BCUT2D eigenvalue weighted by molar-refractivity contribution is 8.13. The molecule has 0 unspecified atom stereocenters. The molecule has 96 valence electrons. The van der Waals surface area contributed by atoms with Crippen molar-refractivity contribution >= 4 is 28.9 Å². The minimum atomic E-state index is -1.28. The molecule has 0 fully saturated rings. The van der Waals surface area contributed by atoms with E-state index in [1.807, 2.05) is 0 Å². The summed E-state index contributed by atoms with van der Waals surface area (Å²) in [6.45, 7) is 1.44. The van der Waals surface area contributed by atoms with Gasteiger partial charge in [0.05, 0.1) is 0 Å². The van der Waals surface area contributed by atoms with Gasteiger partial charge in [-0.2, -0.15) is 0 Å². The van der Waals surface area contributed by atoms with E-state index in [0.29, 0.717) is 5.75 Å². The van der Waals surface area contributed by atoms with Crippen LogP contribution in [0, 0.1) is 0 Å². The van der Waals surface area contributed by atoms with Crippen LogP contribution in [0.4, 0.5) is 0 Å². The smallest absolute Gasteiger partial charge is 0.339 e. The molecular weight excluding hydrogens is 256 g/mol. The summed E-state index contributed by atoms with van der Waals surface area (Å²) in [4.78, 5) is 21.5. The molecule has 0 aliphatic rings. The second-order valence-corrected chi connectivity index (χ2v) is 4.64. The van der Waals surface area contributed by atoms with Gasteiger partial charge in [0.1, 0.15) is 17.1 Å². The number of carboxylic acid groups (broad SMARTS) is 1. The van der Waals surface area contributed by atoms with E-state index in [4.69, 9.17) is 5.11 Å². The average molecular weight is 268 g/mol.